The van der Waals surface area contributed by atoms with Crippen molar-refractivity contribution in [1.29, 1.82) is 0 Å². The highest BCUT2D eigenvalue weighted by Crippen LogP contribution is 2.22. The molecule has 0 unspecified atom stereocenters. The van der Waals surface area contributed by atoms with E-state index in [9.17, 15) is 0 Å². The monoisotopic (exact) mass is 238 g/mol. The standard InChI is InChI=1S/C18H22/c1-5-16-8-6-7-9-17(16)12-18-14(3)10-13(2)11-15(18)4/h6-11H,5,12H2,1-4H3. The van der Waals surface area contributed by atoms with Crippen molar-refractivity contribution in [2.24, 2.45) is 0 Å². The van der Waals surface area contributed by atoms with Crippen molar-refractivity contribution in [1.82, 2.24) is 0 Å². The Hall–Kier alpha value is -1.56. The van der Waals surface area contributed by atoms with Gasteiger partial charge >= 0.3 is 0 Å². The summed E-state index contributed by atoms with van der Waals surface area (Å²) in [5.74, 6) is 0. The van der Waals surface area contributed by atoms with Gasteiger partial charge in [0.25, 0.3) is 0 Å². The van der Waals surface area contributed by atoms with Gasteiger partial charge in [0.05, 0.1) is 0 Å². The lowest BCUT2D eigenvalue weighted by molar-refractivity contribution is 1.04. The Bertz CT molecular complexity index is 527. The molecular formula is C18H22. The van der Waals surface area contributed by atoms with Crippen LogP contribution >= 0.6 is 0 Å². The first-order chi connectivity index (χ1) is 8.61. The molecule has 94 valence electrons. The predicted octanol–water partition coefficient (Wildman–Crippen LogP) is 4.77. The fraction of sp³-hybridized carbons (Fsp3) is 0.333. The van der Waals surface area contributed by atoms with E-state index in [1.54, 1.807) is 0 Å². The van der Waals surface area contributed by atoms with Crippen LogP contribution in [0, 0.1) is 20.8 Å². The Kier molecular flexibility index (Phi) is 3.86. The van der Waals surface area contributed by atoms with Gasteiger partial charge in [0.2, 0.25) is 0 Å². The van der Waals surface area contributed by atoms with E-state index in [0.717, 1.165) is 12.8 Å². The van der Waals surface area contributed by atoms with Crippen LogP contribution in [0.4, 0.5) is 0 Å². The van der Waals surface area contributed by atoms with E-state index >= 15 is 0 Å². The van der Waals surface area contributed by atoms with Crippen molar-refractivity contribution in [3.8, 4) is 0 Å². The molecule has 0 amide bonds. The minimum atomic E-state index is 1.06. The third-order valence-corrected chi connectivity index (χ3v) is 3.71. The number of rotatable bonds is 3. The van der Waals surface area contributed by atoms with Gasteiger partial charge in [0.1, 0.15) is 0 Å². The number of benzene rings is 2. The van der Waals surface area contributed by atoms with Crippen LogP contribution < -0.4 is 0 Å². The van der Waals surface area contributed by atoms with Crippen LogP contribution in [0.1, 0.15) is 40.3 Å². The van der Waals surface area contributed by atoms with Crippen LogP contribution in [0.25, 0.3) is 0 Å². The lowest BCUT2D eigenvalue weighted by Crippen LogP contribution is -1.99. The normalized spacial score (nSPS) is 10.7. The van der Waals surface area contributed by atoms with E-state index in [-0.39, 0.29) is 0 Å². The van der Waals surface area contributed by atoms with Gasteiger partial charge in [0, 0.05) is 0 Å². The van der Waals surface area contributed by atoms with E-state index in [4.69, 9.17) is 0 Å². The molecule has 0 atom stereocenters. The van der Waals surface area contributed by atoms with Crippen molar-refractivity contribution in [3.63, 3.8) is 0 Å². The van der Waals surface area contributed by atoms with Crippen LogP contribution in [0.2, 0.25) is 0 Å². The first-order valence-electron chi connectivity index (χ1n) is 6.75. The topological polar surface area (TPSA) is 0 Å². The fourth-order valence-corrected chi connectivity index (χ4v) is 2.75. The summed E-state index contributed by atoms with van der Waals surface area (Å²) in [7, 11) is 0. The molecular weight excluding hydrogens is 216 g/mol. The Morgan fingerprint density at radius 1 is 0.833 bits per heavy atom. The quantitative estimate of drug-likeness (QED) is 0.723. The second-order valence-electron chi connectivity index (χ2n) is 5.18. The third-order valence-electron chi connectivity index (χ3n) is 3.71. The smallest absolute Gasteiger partial charge is 0.00178 e. The summed E-state index contributed by atoms with van der Waals surface area (Å²) in [4.78, 5) is 0. The molecule has 0 aliphatic heterocycles. The maximum atomic E-state index is 2.29. The number of hydrogen-bond acceptors (Lipinski definition) is 0. The van der Waals surface area contributed by atoms with Gasteiger partial charge in [-0.3, -0.25) is 0 Å². The highest BCUT2D eigenvalue weighted by molar-refractivity contribution is 5.42. The molecule has 0 radical (unpaired) electrons. The zero-order valence-electron chi connectivity index (χ0n) is 11.9. The fourth-order valence-electron chi connectivity index (χ4n) is 2.75. The van der Waals surface area contributed by atoms with Crippen molar-refractivity contribution in [2.45, 2.75) is 40.5 Å². The number of aryl methyl sites for hydroxylation is 4. The summed E-state index contributed by atoms with van der Waals surface area (Å²) in [5.41, 5.74) is 8.61. The van der Waals surface area contributed by atoms with E-state index < -0.39 is 0 Å². The van der Waals surface area contributed by atoms with Crippen LogP contribution in [0.15, 0.2) is 36.4 Å². The average molecular weight is 238 g/mol. The van der Waals surface area contributed by atoms with Crippen LogP contribution in [0.3, 0.4) is 0 Å². The molecule has 2 rings (SSSR count). The van der Waals surface area contributed by atoms with Crippen LogP contribution in [-0.4, -0.2) is 0 Å². The highest BCUT2D eigenvalue weighted by Gasteiger charge is 2.07. The summed E-state index contributed by atoms with van der Waals surface area (Å²) in [6.45, 7) is 8.85. The molecule has 0 fully saturated rings. The second kappa shape index (κ2) is 5.39. The SMILES string of the molecule is CCc1ccccc1Cc1c(C)cc(C)cc1C. The average Bonchev–Trinajstić information content (AvgIpc) is 2.34. The molecule has 0 aliphatic carbocycles. The molecule has 0 nitrogen and oxygen atoms in total. The third kappa shape index (κ3) is 2.64. The molecule has 18 heavy (non-hydrogen) atoms. The molecule has 0 heterocycles. The second-order valence-corrected chi connectivity index (χ2v) is 5.18. The minimum Gasteiger partial charge on any atom is -0.0620 e. The molecule has 0 aliphatic rings. The van der Waals surface area contributed by atoms with Crippen LogP contribution in [-0.2, 0) is 12.8 Å². The molecule has 0 bridgehead atoms. The van der Waals surface area contributed by atoms with Gasteiger partial charge in [-0.15, -0.1) is 0 Å². The van der Waals surface area contributed by atoms with E-state index in [1.807, 2.05) is 0 Å². The first-order valence-corrected chi connectivity index (χ1v) is 6.75. The molecule has 0 spiro atoms. The summed E-state index contributed by atoms with van der Waals surface area (Å²) in [6.07, 6.45) is 2.17. The van der Waals surface area contributed by atoms with Crippen molar-refractivity contribution in [3.05, 3.63) is 69.8 Å². The first kappa shape index (κ1) is 12.9. The Morgan fingerprint density at radius 2 is 1.39 bits per heavy atom. The molecule has 2 aromatic carbocycles. The van der Waals surface area contributed by atoms with Gasteiger partial charge in [-0.1, -0.05) is 48.9 Å². The zero-order chi connectivity index (χ0) is 13.1. The van der Waals surface area contributed by atoms with Gasteiger partial charge in [-0.25, -0.2) is 0 Å². The highest BCUT2D eigenvalue weighted by atomic mass is 14.1. The summed E-state index contributed by atoms with van der Waals surface area (Å²) < 4.78 is 0. The van der Waals surface area contributed by atoms with Gasteiger partial charge < -0.3 is 0 Å². The lowest BCUT2D eigenvalue weighted by atomic mass is 9.92. The molecule has 0 saturated heterocycles. The summed E-state index contributed by atoms with van der Waals surface area (Å²) in [6, 6.07) is 13.4. The molecule has 0 N–H and O–H groups in total. The van der Waals surface area contributed by atoms with E-state index in [1.165, 1.54) is 33.4 Å². The maximum Gasteiger partial charge on any atom is -0.00178 e. The van der Waals surface area contributed by atoms with Crippen molar-refractivity contribution >= 4 is 0 Å². The predicted molar refractivity (Wildman–Crippen MR) is 79.3 cm³/mol. The largest absolute Gasteiger partial charge is 0.0620 e. The Balaban J connectivity index is 2.40. The zero-order valence-corrected chi connectivity index (χ0v) is 11.9. The Morgan fingerprint density at radius 3 is 1.94 bits per heavy atom. The van der Waals surface area contributed by atoms with E-state index in [2.05, 4.69) is 64.1 Å². The number of hydrogen-bond donors (Lipinski definition) is 0. The molecule has 0 saturated carbocycles. The van der Waals surface area contributed by atoms with Crippen molar-refractivity contribution < 1.29 is 0 Å². The summed E-state index contributed by atoms with van der Waals surface area (Å²) >= 11 is 0. The summed E-state index contributed by atoms with van der Waals surface area (Å²) in [5, 5.41) is 0. The van der Waals surface area contributed by atoms with Gasteiger partial charge in [-0.2, -0.15) is 0 Å². The molecule has 0 heteroatoms. The molecule has 0 aromatic heterocycles. The maximum absolute atomic E-state index is 2.29. The van der Waals surface area contributed by atoms with Gasteiger partial charge in [0.15, 0.2) is 0 Å². The van der Waals surface area contributed by atoms with Crippen molar-refractivity contribution in [2.75, 3.05) is 0 Å². The Labute approximate surface area is 111 Å². The minimum absolute atomic E-state index is 1.06. The lowest BCUT2D eigenvalue weighted by Gasteiger charge is -2.13. The van der Waals surface area contributed by atoms with Crippen LogP contribution in [0.5, 0.6) is 0 Å². The molecule has 2 aromatic rings. The van der Waals surface area contributed by atoms with Gasteiger partial charge in [-0.05, 0) is 61.4 Å². The van der Waals surface area contributed by atoms with E-state index in [0.29, 0.717) is 0 Å².